The second-order valence-electron chi connectivity index (χ2n) is 5.40. The zero-order chi connectivity index (χ0) is 17.3. The second kappa shape index (κ2) is 6.11. The molecule has 0 saturated heterocycles. The highest BCUT2D eigenvalue weighted by atomic mass is 16.6. The molecule has 0 bridgehead atoms. The maximum absolute atomic E-state index is 12.7. The molecule has 0 aliphatic carbocycles. The van der Waals surface area contributed by atoms with Crippen LogP contribution < -0.4 is 10.3 Å². The third kappa shape index (κ3) is 2.71. The summed E-state index contributed by atoms with van der Waals surface area (Å²) in [6.07, 6.45) is 1.45. The molecular formula is C17H15N3O4. The highest BCUT2D eigenvalue weighted by Crippen LogP contribution is 2.24. The van der Waals surface area contributed by atoms with Crippen LogP contribution in [0.25, 0.3) is 10.9 Å². The maximum atomic E-state index is 12.7. The Hall–Kier alpha value is -3.22. The third-order valence-electron chi connectivity index (χ3n) is 3.87. The predicted molar refractivity (Wildman–Crippen MR) is 89.5 cm³/mol. The zero-order valence-electron chi connectivity index (χ0n) is 13.2. The smallest absolute Gasteiger partial charge is 0.270 e. The molecule has 3 aromatic rings. The molecule has 0 aliphatic heterocycles. The first-order valence-corrected chi connectivity index (χ1v) is 7.27. The number of fused-ring (bicyclic) bond motifs is 1. The van der Waals surface area contributed by atoms with Gasteiger partial charge in [0.2, 0.25) is 0 Å². The van der Waals surface area contributed by atoms with Gasteiger partial charge >= 0.3 is 0 Å². The van der Waals surface area contributed by atoms with Gasteiger partial charge in [0.1, 0.15) is 5.75 Å². The van der Waals surface area contributed by atoms with Crippen molar-refractivity contribution in [3.63, 3.8) is 0 Å². The van der Waals surface area contributed by atoms with Crippen molar-refractivity contribution in [2.24, 2.45) is 0 Å². The van der Waals surface area contributed by atoms with E-state index in [1.165, 1.54) is 36.2 Å². The normalized spacial score (nSPS) is 10.8. The van der Waals surface area contributed by atoms with Gasteiger partial charge in [-0.05, 0) is 24.6 Å². The molecular weight excluding hydrogens is 310 g/mol. The number of aryl methyl sites for hydroxylation is 1. The summed E-state index contributed by atoms with van der Waals surface area (Å²) >= 11 is 0. The van der Waals surface area contributed by atoms with Crippen molar-refractivity contribution in [3.05, 3.63) is 74.3 Å². The molecule has 0 radical (unpaired) electrons. The summed E-state index contributed by atoms with van der Waals surface area (Å²) in [4.78, 5) is 27.5. The highest BCUT2D eigenvalue weighted by molar-refractivity contribution is 5.80. The van der Waals surface area contributed by atoms with Crippen LogP contribution in [0.4, 0.5) is 5.69 Å². The summed E-state index contributed by atoms with van der Waals surface area (Å²) in [7, 11) is 1.48. The van der Waals surface area contributed by atoms with E-state index in [1.807, 2.05) is 13.0 Å². The minimum Gasteiger partial charge on any atom is -0.496 e. The summed E-state index contributed by atoms with van der Waals surface area (Å²) in [5.41, 5.74) is 1.87. The Kier molecular flexibility index (Phi) is 3.99. The monoisotopic (exact) mass is 325 g/mol. The predicted octanol–water partition coefficient (Wildman–Crippen LogP) is 2.67. The van der Waals surface area contributed by atoms with Gasteiger partial charge in [-0.15, -0.1) is 0 Å². The van der Waals surface area contributed by atoms with E-state index in [9.17, 15) is 14.9 Å². The standard InChI is InChI=1S/C17H15N3O4/c1-11-4-3-5-14-16(11)18-10-19(17(14)21)9-12-8-13(20(22)23)6-7-15(12)24-2/h3-8,10H,9H2,1-2H3. The number of hydrogen-bond donors (Lipinski definition) is 0. The molecule has 0 fully saturated rings. The number of nitro groups is 1. The number of para-hydroxylation sites is 1. The van der Waals surface area contributed by atoms with Gasteiger partial charge in [0.15, 0.2) is 0 Å². The number of rotatable bonds is 4. The van der Waals surface area contributed by atoms with E-state index in [4.69, 9.17) is 4.74 Å². The Morgan fingerprint density at radius 1 is 1.29 bits per heavy atom. The van der Waals surface area contributed by atoms with Crippen LogP contribution in [0.15, 0.2) is 47.5 Å². The zero-order valence-corrected chi connectivity index (χ0v) is 13.2. The SMILES string of the molecule is COc1ccc([N+](=O)[O-])cc1Cn1cnc2c(C)cccc2c1=O. The van der Waals surface area contributed by atoms with Crippen LogP contribution in [0, 0.1) is 17.0 Å². The molecule has 0 aliphatic rings. The average molecular weight is 325 g/mol. The van der Waals surface area contributed by atoms with Crippen LogP contribution in [0.3, 0.4) is 0 Å². The fourth-order valence-electron chi connectivity index (χ4n) is 2.64. The summed E-state index contributed by atoms with van der Waals surface area (Å²) in [6.45, 7) is 2.03. The number of ether oxygens (including phenoxy) is 1. The number of hydrogen-bond acceptors (Lipinski definition) is 5. The van der Waals surface area contributed by atoms with E-state index >= 15 is 0 Å². The van der Waals surface area contributed by atoms with Crippen molar-refractivity contribution in [2.45, 2.75) is 13.5 Å². The molecule has 0 atom stereocenters. The van der Waals surface area contributed by atoms with Gasteiger partial charge in [0, 0.05) is 17.7 Å². The molecule has 7 heteroatoms. The molecule has 122 valence electrons. The van der Waals surface area contributed by atoms with Crippen molar-refractivity contribution in [1.82, 2.24) is 9.55 Å². The number of non-ortho nitro benzene ring substituents is 1. The van der Waals surface area contributed by atoms with Crippen LogP contribution in [0.1, 0.15) is 11.1 Å². The highest BCUT2D eigenvalue weighted by Gasteiger charge is 2.13. The number of nitro benzene ring substituents is 1. The summed E-state index contributed by atoms with van der Waals surface area (Å²) < 4.78 is 6.66. The van der Waals surface area contributed by atoms with E-state index < -0.39 is 4.92 Å². The molecule has 7 nitrogen and oxygen atoms in total. The molecule has 24 heavy (non-hydrogen) atoms. The van der Waals surface area contributed by atoms with Crippen molar-refractivity contribution < 1.29 is 9.66 Å². The van der Waals surface area contributed by atoms with Gasteiger partial charge in [-0.1, -0.05) is 12.1 Å². The first kappa shape index (κ1) is 15.7. The van der Waals surface area contributed by atoms with E-state index in [2.05, 4.69) is 4.98 Å². The van der Waals surface area contributed by atoms with Gasteiger partial charge in [0.05, 0.1) is 35.8 Å². The van der Waals surface area contributed by atoms with Gasteiger partial charge in [0.25, 0.3) is 11.2 Å². The van der Waals surface area contributed by atoms with Crippen LogP contribution >= 0.6 is 0 Å². The van der Waals surface area contributed by atoms with E-state index in [1.54, 1.807) is 12.1 Å². The average Bonchev–Trinajstić information content (AvgIpc) is 2.58. The van der Waals surface area contributed by atoms with Gasteiger partial charge in [-0.2, -0.15) is 0 Å². The van der Waals surface area contributed by atoms with Crippen LogP contribution in [-0.2, 0) is 6.54 Å². The molecule has 0 spiro atoms. The number of methoxy groups -OCH3 is 1. The second-order valence-corrected chi connectivity index (χ2v) is 5.40. The lowest BCUT2D eigenvalue weighted by molar-refractivity contribution is -0.384. The Balaban J connectivity index is 2.10. The molecule has 0 saturated carbocycles. The Morgan fingerprint density at radius 3 is 2.79 bits per heavy atom. The largest absolute Gasteiger partial charge is 0.496 e. The Morgan fingerprint density at radius 2 is 2.08 bits per heavy atom. The van der Waals surface area contributed by atoms with Crippen molar-refractivity contribution >= 4 is 16.6 Å². The fourth-order valence-corrected chi connectivity index (χ4v) is 2.64. The van der Waals surface area contributed by atoms with E-state index in [0.717, 1.165) is 5.56 Å². The minimum atomic E-state index is -0.478. The third-order valence-corrected chi connectivity index (χ3v) is 3.87. The number of aromatic nitrogens is 2. The van der Waals surface area contributed by atoms with E-state index in [0.29, 0.717) is 22.2 Å². The van der Waals surface area contributed by atoms with Gasteiger partial charge < -0.3 is 4.74 Å². The van der Waals surface area contributed by atoms with Gasteiger partial charge in [-0.25, -0.2) is 4.98 Å². The summed E-state index contributed by atoms with van der Waals surface area (Å²) in [5.74, 6) is 0.483. The molecule has 0 unspecified atom stereocenters. The topological polar surface area (TPSA) is 87.3 Å². The minimum absolute atomic E-state index is 0.0524. The Labute approximate surface area is 137 Å². The molecule has 1 aromatic heterocycles. The molecule has 0 amide bonds. The van der Waals surface area contributed by atoms with Crippen molar-refractivity contribution in [1.29, 1.82) is 0 Å². The van der Waals surface area contributed by atoms with Crippen molar-refractivity contribution in [3.8, 4) is 5.75 Å². The lowest BCUT2D eigenvalue weighted by Crippen LogP contribution is -2.21. The van der Waals surface area contributed by atoms with Crippen LogP contribution in [0.2, 0.25) is 0 Å². The van der Waals surface area contributed by atoms with E-state index in [-0.39, 0.29) is 17.8 Å². The number of benzene rings is 2. The maximum Gasteiger partial charge on any atom is 0.270 e. The number of nitrogens with zero attached hydrogens (tertiary/aromatic N) is 3. The molecule has 3 rings (SSSR count). The first-order valence-electron chi connectivity index (χ1n) is 7.27. The molecule has 2 aromatic carbocycles. The first-order chi connectivity index (χ1) is 11.5. The summed E-state index contributed by atoms with van der Waals surface area (Å²) in [5, 5.41) is 11.5. The summed E-state index contributed by atoms with van der Waals surface area (Å²) in [6, 6.07) is 9.72. The van der Waals surface area contributed by atoms with Gasteiger partial charge in [-0.3, -0.25) is 19.5 Å². The quantitative estimate of drug-likeness (QED) is 0.543. The molecule has 0 N–H and O–H groups in total. The van der Waals surface area contributed by atoms with Crippen molar-refractivity contribution in [2.75, 3.05) is 7.11 Å². The lowest BCUT2D eigenvalue weighted by Gasteiger charge is -2.11. The molecule has 1 heterocycles. The fraction of sp³-hybridized carbons (Fsp3) is 0.176. The van der Waals surface area contributed by atoms with Crippen LogP contribution in [-0.4, -0.2) is 21.6 Å². The van der Waals surface area contributed by atoms with Crippen LogP contribution in [0.5, 0.6) is 5.75 Å². The lowest BCUT2D eigenvalue weighted by atomic mass is 10.1. The Bertz CT molecular complexity index is 995.